The van der Waals surface area contributed by atoms with Crippen LogP contribution in [0.1, 0.15) is 34.1 Å². The zero-order chi connectivity index (χ0) is 17.4. The Balaban J connectivity index is 1.63. The van der Waals surface area contributed by atoms with Crippen LogP contribution in [0.5, 0.6) is 0 Å². The highest BCUT2D eigenvalue weighted by atomic mass is 16.7. The summed E-state index contributed by atoms with van der Waals surface area (Å²) in [4.78, 5) is 11.2. The lowest BCUT2D eigenvalue weighted by Crippen LogP contribution is -2.41. The summed E-state index contributed by atoms with van der Waals surface area (Å²) < 4.78 is 12.1. The van der Waals surface area contributed by atoms with Crippen LogP contribution in [0.4, 0.5) is 5.95 Å². The summed E-state index contributed by atoms with van der Waals surface area (Å²) in [6.07, 6.45) is 4.71. The number of nitrogens with two attached hydrogens (primary N) is 1. The molecule has 1 atom stereocenters. The largest absolute Gasteiger partial charge is 0.498 e. The molecule has 2 aliphatic heterocycles. The molecule has 0 saturated carbocycles. The molecule has 0 unspecified atom stereocenters. The lowest BCUT2D eigenvalue weighted by Gasteiger charge is -2.32. The van der Waals surface area contributed by atoms with E-state index in [1.165, 1.54) is 0 Å². The van der Waals surface area contributed by atoms with Crippen molar-refractivity contribution in [3.05, 3.63) is 12.4 Å². The highest BCUT2D eigenvalue weighted by Gasteiger charge is 2.52. The van der Waals surface area contributed by atoms with Crippen molar-refractivity contribution in [3.8, 4) is 0 Å². The fraction of sp³-hybridized carbons (Fsp3) is 0.750. The molecule has 7 nitrogen and oxygen atoms in total. The Morgan fingerprint density at radius 2 is 1.88 bits per heavy atom. The van der Waals surface area contributed by atoms with Crippen molar-refractivity contribution in [2.75, 3.05) is 31.1 Å². The maximum atomic E-state index is 6.04. The third kappa shape index (κ3) is 3.42. The number of hydrogen-bond acceptors (Lipinski definition) is 7. The number of anilines is 1. The van der Waals surface area contributed by atoms with Crippen molar-refractivity contribution in [1.29, 1.82) is 0 Å². The summed E-state index contributed by atoms with van der Waals surface area (Å²) >= 11 is 0. The van der Waals surface area contributed by atoms with Crippen LogP contribution >= 0.6 is 0 Å². The molecule has 24 heavy (non-hydrogen) atoms. The molecular formula is C16H28BN5O2. The molecule has 1 aromatic heterocycles. The Bertz CT molecular complexity index is 550. The minimum Gasteiger partial charge on any atom is -0.399 e. The third-order valence-corrected chi connectivity index (χ3v) is 5.23. The summed E-state index contributed by atoms with van der Waals surface area (Å²) in [7, 11) is -0.415. The van der Waals surface area contributed by atoms with Gasteiger partial charge < -0.3 is 25.3 Å². The highest BCUT2D eigenvalue weighted by Crippen LogP contribution is 2.36. The second-order valence-electron chi connectivity index (χ2n) is 7.58. The highest BCUT2D eigenvalue weighted by molar-refractivity contribution is 6.61. The van der Waals surface area contributed by atoms with Gasteiger partial charge in [-0.15, -0.1) is 0 Å². The van der Waals surface area contributed by atoms with Crippen LogP contribution in [0.25, 0.3) is 0 Å². The lowest BCUT2D eigenvalue weighted by atomic mass is 9.81. The van der Waals surface area contributed by atoms with Gasteiger partial charge in [0.05, 0.1) is 11.2 Å². The standard InChI is InChI=1S/C16H28BN5O2/c1-15(2)16(3,4)24-17(23-15)12-9-20-14(21-10-12)22-8-5-13(11-22)19-7-6-18/h9-10,13,19H,5-8,11,18H2,1-4H3/t13-/m1/s1. The Hall–Kier alpha value is -1.22. The van der Waals surface area contributed by atoms with Crippen molar-refractivity contribution in [3.63, 3.8) is 0 Å². The Labute approximate surface area is 144 Å². The molecule has 0 aliphatic carbocycles. The maximum Gasteiger partial charge on any atom is 0.498 e. The molecule has 0 aromatic carbocycles. The van der Waals surface area contributed by atoms with E-state index in [2.05, 4.69) is 20.2 Å². The molecular weight excluding hydrogens is 305 g/mol. The summed E-state index contributed by atoms with van der Waals surface area (Å²) in [5, 5.41) is 3.44. The van der Waals surface area contributed by atoms with E-state index in [9.17, 15) is 0 Å². The van der Waals surface area contributed by atoms with Crippen LogP contribution in [0.15, 0.2) is 12.4 Å². The average molecular weight is 333 g/mol. The fourth-order valence-electron chi connectivity index (χ4n) is 2.99. The van der Waals surface area contributed by atoms with Crippen molar-refractivity contribution in [2.24, 2.45) is 5.73 Å². The van der Waals surface area contributed by atoms with E-state index in [0.29, 0.717) is 12.6 Å². The smallest absolute Gasteiger partial charge is 0.399 e. The van der Waals surface area contributed by atoms with Gasteiger partial charge in [0.25, 0.3) is 0 Å². The van der Waals surface area contributed by atoms with Gasteiger partial charge in [0, 0.05) is 50.1 Å². The predicted molar refractivity (Wildman–Crippen MR) is 95.4 cm³/mol. The molecule has 2 fully saturated rings. The number of rotatable bonds is 5. The minimum atomic E-state index is -0.415. The SMILES string of the molecule is CC1(C)OB(c2cnc(N3CC[C@@H](NCCN)C3)nc2)OC1(C)C. The van der Waals surface area contributed by atoms with Gasteiger partial charge in [-0.3, -0.25) is 0 Å². The molecule has 0 radical (unpaired) electrons. The molecule has 0 amide bonds. The van der Waals surface area contributed by atoms with E-state index in [4.69, 9.17) is 15.0 Å². The van der Waals surface area contributed by atoms with Gasteiger partial charge >= 0.3 is 7.12 Å². The average Bonchev–Trinajstić information content (AvgIpc) is 3.08. The van der Waals surface area contributed by atoms with Crippen molar-refractivity contribution < 1.29 is 9.31 Å². The van der Waals surface area contributed by atoms with Crippen LogP contribution in [0, 0.1) is 0 Å². The molecule has 3 N–H and O–H groups in total. The maximum absolute atomic E-state index is 6.04. The Morgan fingerprint density at radius 3 is 2.46 bits per heavy atom. The van der Waals surface area contributed by atoms with E-state index < -0.39 is 7.12 Å². The quantitative estimate of drug-likeness (QED) is 0.728. The fourth-order valence-corrected chi connectivity index (χ4v) is 2.99. The summed E-state index contributed by atoms with van der Waals surface area (Å²) in [6, 6.07) is 0.458. The summed E-state index contributed by atoms with van der Waals surface area (Å²) in [6.45, 7) is 11.5. The van der Waals surface area contributed by atoms with Gasteiger partial charge in [-0.1, -0.05) is 0 Å². The molecule has 2 saturated heterocycles. The second kappa shape index (κ2) is 6.59. The molecule has 2 aliphatic rings. The molecule has 0 spiro atoms. The molecule has 0 bridgehead atoms. The Morgan fingerprint density at radius 1 is 1.25 bits per heavy atom. The van der Waals surface area contributed by atoms with Gasteiger partial charge in [-0.05, 0) is 34.1 Å². The van der Waals surface area contributed by atoms with Crippen molar-refractivity contribution in [1.82, 2.24) is 15.3 Å². The lowest BCUT2D eigenvalue weighted by molar-refractivity contribution is 0.00578. The molecule has 3 heterocycles. The minimum absolute atomic E-state index is 0.354. The summed E-state index contributed by atoms with van der Waals surface area (Å²) in [5.74, 6) is 0.757. The van der Waals surface area contributed by atoms with E-state index >= 15 is 0 Å². The van der Waals surface area contributed by atoms with Gasteiger partial charge in [-0.25, -0.2) is 9.97 Å². The molecule has 1 aromatic rings. The Kier molecular flexibility index (Phi) is 4.83. The first-order chi connectivity index (χ1) is 11.3. The molecule has 8 heteroatoms. The van der Waals surface area contributed by atoms with Gasteiger partial charge in [0.2, 0.25) is 5.95 Å². The van der Waals surface area contributed by atoms with Gasteiger partial charge in [0.1, 0.15) is 0 Å². The van der Waals surface area contributed by atoms with Crippen LogP contribution in [-0.4, -0.2) is 60.5 Å². The van der Waals surface area contributed by atoms with Crippen molar-refractivity contribution in [2.45, 2.75) is 51.4 Å². The van der Waals surface area contributed by atoms with Gasteiger partial charge in [-0.2, -0.15) is 0 Å². The van der Waals surface area contributed by atoms with E-state index in [0.717, 1.165) is 37.5 Å². The van der Waals surface area contributed by atoms with E-state index in [1.54, 1.807) is 0 Å². The van der Waals surface area contributed by atoms with Crippen LogP contribution in [-0.2, 0) is 9.31 Å². The van der Waals surface area contributed by atoms with Crippen LogP contribution in [0.2, 0.25) is 0 Å². The topological polar surface area (TPSA) is 85.5 Å². The zero-order valence-electron chi connectivity index (χ0n) is 15.1. The first-order valence-corrected chi connectivity index (χ1v) is 8.68. The second-order valence-corrected chi connectivity index (χ2v) is 7.58. The first kappa shape index (κ1) is 17.6. The zero-order valence-corrected chi connectivity index (χ0v) is 15.1. The number of hydrogen-bond donors (Lipinski definition) is 2. The number of aromatic nitrogens is 2. The number of nitrogens with zero attached hydrogens (tertiary/aromatic N) is 3. The normalized spacial score (nSPS) is 25.5. The van der Waals surface area contributed by atoms with E-state index in [1.807, 2.05) is 40.1 Å². The van der Waals surface area contributed by atoms with Crippen LogP contribution < -0.4 is 21.4 Å². The van der Waals surface area contributed by atoms with Gasteiger partial charge in [0.15, 0.2) is 0 Å². The molecule has 3 rings (SSSR count). The monoisotopic (exact) mass is 333 g/mol. The molecule has 132 valence electrons. The number of nitrogens with one attached hydrogen (secondary N) is 1. The van der Waals surface area contributed by atoms with Crippen LogP contribution in [0.3, 0.4) is 0 Å². The third-order valence-electron chi connectivity index (χ3n) is 5.23. The van der Waals surface area contributed by atoms with E-state index in [-0.39, 0.29) is 11.2 Å². The first-order valence-electron chi connectivity index (χ1n) is 8.68. The predicted octanol–water partition coefficient (Wildman–Crippen LogP) is -0.0972. The summed E-state index contributed by atoms with van der Waals surface area (Å²) in [5.41, 5.74) is 5.69. The van der Waals surface area contributed by atoms with Crippen molar-refractivity contribution >= 4 is 18.5 Å².